The molecule has 0 unspecified atom stereocenters. The normalized spacial score (nSPS) is 16.4. The molecule has 1 aromatic carbocycles. The van der Waals surface area contributed by atoms with Crippen LogP contribution in [0.2, 0.25) is 0 Å². The summed E-state index contributed by atoms with van der Waals surface area (Å²) in [6.45, 7) is 1.88. The van der Waals surface area contributed by atoms with E-state index in [1.807, 2.05) is 19.1 Å². The molecule has 0 atom stereocenters. The van der Waals surface area contributed by atoms with Crippen LogP contribution in [0.4, 0.5) is 0 Å². The average Bonchev–Trinajstić information content (AvgIpc) is 3.12. The maximum Gasteiger partial charge on any atom is 0.316 e. The van der Waals surface area contributed by atoms with Crippen molar-refractivity contribution < 1.29 is 19.4 Å². The third kappa shape index (κ3) is 2.26. The van der Waals surface area contributed by atoms with Gasteiger partial charge in [-0.1, -0.05) is 12.1 Å². The van der Waals surface area contributed by atoms with E-state index in [2.05, 4.69) is 0 Å². The molecule has 1 saturated carbocycles. The molecule has 0 saturated heterocycles. The summed E-state index contributed by atoms with van der Waals surface area (Å²) in [4.78, 5) is 11.8. The Morgan fingerprint density at radius 3 is 2.47 bits per heavy atom. The maximum absolute atomic E-state index is 11.8. The number of aliphatic hydroxyl groups excluding tert-OH is 1. The van der Waals surface area contributed by atoms with Gasteiger partial charge in [-0.25, -0.2) is 0 Å². The monoisotopic (exact) mass is 236 g/mol. The van der Waals surface area contributed by atoms with Crippen molar-refractivity contribution in [3.63, 3.8) is 0 Å². The Bertz CT molecular complexity index is 392. The molecule has 0 aromatic heterocycles. The van der Waals surface area contributed by atoms with Crippen molar-refractivity contribution in [3.05, 3.63) is 29.8 Å². The van der Waals surface area contributed by atoms with Gasteiger partial charge in [0.2, 0.25) is 0 Å². The topological polar surface area (TPSA) is 55.8 Å². The second kappa shape index (κ2) is 4.75. The maximum atomic E-state index is 11.8. The lowest BCUT2D eigenvalue weighted by Crippen LogP contribution is -2.23. The van der Waals surface area contributed by atoms with E-state index in [4.69, 9.17) is 14.6 Å². The highest BCUT2D eigenvalue weighted by atomic mass is 16.6. The van der Waals surface area contributed by atoms with Crippen molar-refractivity contribution in [2.45, 2.75) is 25.2 Å². The van der Waals surface area contributed by atoms with E-state index in [0.29, 0.717) is 12.4 Å². The van der Waals surface area contributed by atoms with Crippen LogP contribution in [0.5, 0.6) is 5.75 Å². The zero-order valence-electron chi connectivity index (χ0n) is 9.81. The summed E-state index contributed by atoms with van der Waals surface area (Å²) < 4.78 is 10.0. The fourth-order valence-electron chi connectivity index (χ4n) is 1.95. The van der Waals surface area contributed by atoms with Gasteiger partial charge in [-0.05, 0) is 37.5 Å². The minimum Gasteiger partial charge on any atom is -0.468 e. The highest BCUT2D eigenvalue weighted by Crippen LogP contribution is 2.49. The van der Waals surface area contributed by atoms with Crippen LogP contribution in [-0.2, 0) is 14.9 Å². The van der Waals surface area contributed by atoms with E-state index >= 15 is 0 Å². The van der Waals surface area contributed by atoms with Gasteiger partial charge in [0.15, 0.2) is 6.79 Å². The first-order valence-electron chi connectivity index (χ1n) is 5.74. The Balaban J connectivity index is 2.14. The second-order valence-corrected chi connectivity index (χ2v) is 4.10. The van der Waals surface area contributed by atoms with Crippen molar-refractivity contribution in [1.29, 1.82) is 0 Å². The van der Waals surface area contributed by atoms with Crippen molar-refractivity contribution in [3.8, 4) is 5.75 Å². The molecule has 1 N–H and O–H groups in total. The van der Waals surface area contributed by atoms with Crippen LogP contribution >= 0.6 is 0 Å². The number of rotatable bonds is 5. The van der Waals surface area contributed by atoms with E-state index in [1.54, 1.807) is 12.1 Å². The molecule has 4 heteroatoms. The SMILES string of the molecule is CCOC(=O)C1(c2ccc(OCO)cc2)CC1. The number of aliphatic hydroxyl groups is 1. The van der Waals surface area contributed by atoms with Crippen LogP contribution in [-0.4, -0.2) is 24.5 Å². The zero-order valence-corrected chi connectivity index (χ0v) is 9.81. The number of carbonyl (C=O) groups excluding carboxylic acids is 1. The van der Waals surface area contributed by atoms with E-state index in [0.717, 1.165) is 18.4 Å². The summed E-state index contributed by atoms with van der Waals surface area (Å²) in [5.41, 5.74) is 0.523. The quantitative estimate of drug-likeness (QED) is 0.623. The molecular weight excluding hydrogens is 220 g/mol. The average molecular weight is 236 g/mol. The second-order valence-electron chi connectivity index (χ2n) is 4.10. The van der Waals surface area contributed by atoms with Gasteiger partial charge >= 0.3 is 5.97 Å². The molecule has 2 rings (SSSR count). The van der Waals surface area contributed by atoms with Crippen LogP contribution in [0.1, 0.15) is 25.3 Å². The number of carbonyl (C=O) groups is 1. The Hall–Kier alpha value is -1.55. The summed E-state index contributed by atoms with van der Waals surface area (Å²) in [6.07, 6.45) is 1.68. The third-order valence-electron chi connectivity index (χ3n) is 3.05. The molecule has 0 spiro atoms. The predicted molar refractivity (Wildman–Crippen MR) is 61.7 cm³/mol. The molecule has 0 heterocycles. The summed E-state index contributed by atoms with van der Waals surface area (Å²) in [5.74, 6) is 0.451. The lowest BCUT2D eigenvalue weighted by Gasteiger charge is -2.14. The molecular formula is C13H16O4. The molecule has 0 radical (unpaired) electrons. The van der Waals surface area contributed by atoms with Crippen LogP contribution in [0.3, 0.4) is 0 Å². The largest absolute Gasteiger partial charge is 0.468 e. The van der Waals surface area contributed by atoms with Gasteiger partial charge in [0.25, 0.3) is 0 Å². The zero-order chi connectivity index (χ0) is 12.3. The smallest absolute Gasteiger partial charge is 0.316 e. The lowest BCUT2D eigenvalue weighted by atomic mass is 9.96. The molecule has 0 bridgehead atoms. The van der Waals surface area contributed by atoms with Crippen LogP contribution in [0.25, 0.3) is 0 Å². The molecule has 1 fully saturated rings. The summed E-state index contributed by atoms with van der Waals surface area (Å²) >= 11 is 0. The first kappa shape index (κ1) is 11.9. The van der Waals surface area contributed by atoms with Crippen molar-refractivity contribution >= 4 is 5.97 Å². The van der Waals surface area contributed by atoms with Crippen LogP contribution in [0, 0.1) is 0 Å². The van der Waals surface area contributed by atoms with E-state index < -0.39 is 5.41 Å². The Labute approximate surface area is 100 Å². The van der Waals surface area contributed by atoms with Crippen LogP contribution in [0.15, 0.2) is 24.3 Å². The molecule has 1 aromatic rings. The van der Waals surface area contributed by atoms with Gasteiger partial charge < -0.3 is 14.6 Å². The molecule has 1 aliphatic rings. The molecule has 4 nitrogen and oxygen atoms in total. The van der Waals surface area contributed by atoms with Crippen molar-refractivity contribution in [2.24, 2.45) is 0 Å². The molecule has 17 heavy (non-hydrogen) atoms. The Morgan fingerprint density at radius 2 is 2.00 bits per heavy atom. The minimum atomic E-state index is -0.437. The van der Waals surface area contributed by atoms with Gasteiger partial charge in [0.1, 0.15) is 5.75 Å². The van der Waals surface area contributed by atoms with Gasteiger partial charge in [-0.3, -0.25) is 4.79 Å². The van der Waals surface area contributed by atoms with E-state index in [-0.39, 0.29) is 12.8 Å². The van der Waals surface area contributed by atoms with Gasteiger partial charge in [0, 0.05) is 0 Å². The third-order valence-corrected chi connectivity index (χ3v) is 3.05. The highest BCUT2D eigenvalue weighted by molar-refractivity contribution is 5.86. The highest BCUT2D eigenvalue weighted by Gasteiger charge is 2.52. The lowest BCUT2D eigenvalue weighted by molar-refractivity contribution is -0.146. The van der Waals surface area contributed by atoms with Crippen molar-refractivity contribution in [2.75, 3.05) is 13.4 Å². The van der Waals surface area contributed by atoms with Gasteiger partial charge in [0.05, 0.1) is 12.0 Å². The fraction of sp³-hybridized carbons (Fsp3) is 0.462. The number of hydrogen-bond acceptors (Lipinski definition) is 4. The van der Waals surface area contributed by atoms with E-state index in [9.17, 15) is 4.79 Å². The molecule has 92 valence electrons. The molecule has 0 aliphatic heterocycles. The molecule has 0 amide bonds. The summed E-state index contributed by atoms with van der Waals surface area (Å²) in [7, 11) is 0. The summed E-state index contributed by atoms with van der Waals surface area (Å²) in [5, 5.41) is 8.62. The standard InChI is InChI=1S/C13H16O4/c1-2-16-12(15)13(7-8-13)10-3-5-11(6-4-10)17-9-14/h3-6,14H,2,7-9H2,1H3. The first-order chi connectivity index (χ1) is 8.23. The first-order valence-corrected chi connectivity index (χ1v) is 5.74. The van der Waals surface area contributed by atoms with Crippen molar-refractivity contribution in [1.82, 2.24) is 0 Å². The number of benzene rings is 1. The Morgan fingerprint density at radius 1 is 1.35 bits per heavy atom. The number of hydrogen-bond donors (Lipinski definition) is 1. The molecule has 1 aliphatic carbocycles. The minimum absolute atomic E-state index is 0.143. The van der Waals surface area contributed by atoms with E-state index in [1.165, 1.54) is 0 Å². The number of ether oxygens (including phenoxy) is 2. The fourth-order valence-corrected chi connectivity index (χ4v) is 1.95. The predicted octanol–water partition coefficient (Wildman–Crippen LogP) is 1.61. The number of esters is 1. The summed E-state index contributed by atoms with van der Waals surface area (Å²) in [6, 6.07) is 7.22. The van der Waals surface area contributed by atoms with Gasteiger partial charge in [-0.2, -0.15) is 0 Å². The van der Waals surface area contributed by atoms with Gasteiger partial charge in [-0.15, -0.1) is 0 Å². The Kier molecular flexibility index (Phi) is 3.33. The van der Waals surface area contributed by atoms with Crippen LogP contribution < -0.4 is 4.74 Å².